The van der Waals surface area contributed by atoms with E-state index in [4.69, 9.17) is 10.5 Å². The number of hydrogen-bond acceptors (Lipinski definition) is 7. The molecular formula is C24H28N4O5S. The predicted molar refractivity (Wildman–Crippen MR) is 130 cm³/mol. The van der Waals surface area contributed by atoms with E-state index in [9.17, 15) is 19.5 Å². The fourth-order valence-corrected chi connectivity index (χ4v) is 4.95. The molecule has 0 unspecified atom stereocenters. The first-order valence-electron chi connectivity index (χ1n) is 11.4. The third-order valence-corrected chi connectivity index (χ3v) is 6.90. The number of ether oxygens (including phenoxy) is 1. The normalized spacial score (nSPS) is 14.4. The van der Waals surface area contributed by atoms with Gasteiger partial charge in [0.15, 0.2) is 10.9 Å². The molecule has 0 aliphatic carbocycles. The highest BCUT2D eigenvalue weighted by Crippen LogP contribution is 2.27. The number of aryl methyl sites for hydroxylation is 1. The van der Waals surface area contributed by atoms with Crippen molar-refractivity contribution in [3.63, 3.8) is 0 Å². The van der Waals surface area contributed by atoms with Gasteiger partial charge in [0.1, 0.15) is 11.4 Å². The van der Waals surface area contributed by atoms with Crippen LogP contribution < -0.4 is 11.1 Å². The summed E-state index contributed by atoms with van der Waals surface area (Å²) in [6.45, 7) is 1.95. The van der Waals surface area contributed by atoms with Crippen LogP contribution in [0.2, 0.25) is 0 Å². The Morgan fingerprint density at radius 2 is 2.06 bits per heavy atom. The lowest BCUT2D eigenvalue weighted by molar-refractivity contribution is 0.0619. The fourth-order valence-electron chi connectivity index (χ4n) is 4.24. The van der Waals surface area contributed by atoms with E-state index in [2.05, 4.69) is 15.3 Å². The molecule has 0 bridgehead atoms. The second-order valence-corrected chi connectivity index (χ2v) is 9.30. The molecule has 9 nitrogen and oxygen atoms in total. The van der Waals surface area contributed by atoms with Crippen molar-refractivity contribution in [1.29, 1.82) is 0 Å². The SMILES string of the molecule is NCCCc1c(C(=O)O)[nH]c2ccc(C(=O)Nc3nc(C(=O)CCC4CCOCC4)cs3)cc12. The lowest BCUT2D eigenvalue weighted by Crippen LogP contribution is -2.16. The molecule has 1 aliphatic heterocycles. The summed E-state index contributed by atoms with van der Waals surface area (Å²) in [5, 5.41) is 15.0. The van der Waals surface area contributed by atoms with Crippen molar-refractivity contribution >= 4 is 45.0 Å². The van der Waals surface area contributed by atoms with E-state index in [0.717, 1.165) is 32.5 Å². The van der Waals surface area contributed by atoms with Crippen LogP contribution in [-0.4, -0.2) is 52.5 Å². The number of carboxylic acid groups (broad SMARTS) is 1. The lowest BCUT2D eigenvalue weighted by atomic mass is 9.93. The van der Waals surface area contributed by atoms with Crippen LogP contribution in [0.15, 0.2) is 23.6 Å². The number of carboxylic acids is 1. The van der Waals surface area contributed by atoms with E-state index < -0.39 is 5.97 Å². The number of carbonyl (C=O) groups is 3. The molecule has 34 heavy (non-hydrogen) atoms. The highest BCUT2D eigenvalue weighted by molar-refractivity contribution is 7.14. The molecule has 0 radical (unpaired) electrons. The van der Waals surface area contributed by atoms with E-state index in [0.29, 0.717) is 64.6 Å². The van der Waals surface area contributed by atoms with Crippen molar-refractivity contribution in [2.45, 2.75) is 38.5 Å². The number of nitrogens with one attached hydrogen (secondary N) is 2. The Balaban J connectivity index is 1.44. The molecule has 3 aromatic rings. The Labute approximate surface area is 200 Å². The number of aromatic amines is 1. The number of rotatable bonds is 10. The fraction of sp³-hybridized carbons (Fsp3) is 0.417. The number of nitrogens with zero attached hydrogens (tertiary/aromatic N) is 1. The third kappa shape index (κ3) is 5.52. The number of hydrogen-bond donors (Lipinski definition) is 4. The Bertz CT molecular complexity index is 1200. The monoisotopic (exact) mass is 484 g/mol. The minimum Gasteiger partial charge on any atom is -0.477 e. The molecule has 0 spiro atoms. The zero-order valence-electron chi connectivity index (χ0n) is 18.8. The largest absolute Gasteiger partial charge is 0.477 e. The van der Waals surface area contributed by atoms with Crippen LogP contribution in [0.5, 0.6) is 0 Å². The third-order valence-electron chi connectivity index (χ3n) is 6.14. The molecule has 0 saturated carbocycles. The number of benzene rings is 1. The molecule has 0 atom stereocenters. The van der Waals surface area contributed by atoms with Gasteiger partial charge in [-0.1, -0.05) is 0 Å². The number of thiazole rings is 1. The highest BCUT2D eigenvalue weighted by Gasteiger charge is 2.20. The van der Waals surface area contributed by atoms with Gasteiger partial charge < -0.3 is 20.6 Å². The second-order valence-electron chi connectivity index (χ2n) is 8.45. The van der Waals surface area contributed by atoms with Crippen LogP contribution in [0.25, 0.3) is 10.9 Å². The summed E-state index contributed by atoms with van der Waals surface area (Å²) in [6, 6.07) is 4.99. The zero-order valence-corrected chi connectivity index (χ0v) is 19.6. The van der Waals surface area contributed by atoms with Gasteiger partial charge in [-0.2, -0.15) is 0 Å². The van der Waals surface area contributed by atoms with Gasteiger partial charge in [-0.15, -0.1) is 11.3 Å². The number of amides is 1. The van der Waals surface area contributed by atoms with Gasteiger partial charge in [0, 0.05) is 41.5 Å². The maximum atomic E-state index is 12.8. The first-order chi connectivity index (χ1) is 16.5. The molecule has 4 rings (SSSR count). The number of H-pyrrole nitrogens is 1. The number of aromatic nitrogens is 2. The summed E-state index contributed by atoms with van der Waals surface area (Å²) in [5.74, 6) is -0.940. The minimum absolute atomic E-state index is 0.0253. The van der Waals surface area contributed by atoms with Crippen molar-refractivity contribution in [2.24, 2.45) is 11.7 Å². The Kier molecular flexibility index (Phi) is 7.71. The van der Waals surface area contributed by atoms with E-state index in [-0.39, 0.29) is 17.4 Å². The van der Waals surface area contributed by atoms with Crippen LogP contribution in [0.4, 0.5) is 5.13 Å². The van der Waals surface area contributed by atoms with E-state index >= 15 is 0 Å². The number of nitrogens with two attached hydrogens (primary N) is 1. The predicted octanol–water partition coefficient (Wildman–Crippen LogP) is 3.86. The zero-order chi connectivity index (χ0) is 24.1. The molecule has 10 heteroatoms. The van der Waals surface area contributed by atoms with Crippen molar-refractivity contribution < 1.29 is 24.2 Å². The first kappa shape index (κ1) is 24.1. The topological polar surface area (TPSA) is 147 Å². The molecule has 1 saturated heterocycles. The minimum atomic E-state index is -1.05. The van der Waals surface area contributed by atoms with Crippen molar-refractivity contribution in [1.82, 2.24) is 9.97 Å². The summed E-state index contributed by atoms with van der Waals surface area (Å²) in [6.07, 6.45) is 4.35. The number of aromatic carboxylic acids is 1. The number of fused-ring (bicyclic) bond motifs is 1. The van der Waals surface area contributed by atoms with Gasteiger partial charge in [-0.25, -0.2) is 9.78 Å². The molecule has 1 aromatic carbocycles. The highest BCUT2D eigenvalue weighted by atomic mass is 32.1. The van der Waals surface area contributed by atoms with Gasteiger partial charge in [-0.05, 0) is 68.3 Å². The van der Waals surface area contributed by atoms with E-state index in [1.165, 1.54) is 11.3 Å². The van der Waals surface area contributed by atoms with Crippen molar-refractivity contribution in [2.75, 3.05) is 25.1 Å². The van der Waals surface area contributed by atoms with Crippen LogP contribution in [-0.2, 0) is 11.2 Å². The quantitative estimate of drug-likeness (QED) is 0.319. The van der Waals surface area contributed by atoms with Crippen LogP contribution in [0, 0.1) is 5.92 Å². The average molecular weight is 485 g/mol. The number of anilines is 1. The lowest BCUT2D eigenvalue weighted by Gasteiger charge is -2.21. The number of Topliss-reactive ketones (excluding diaryl/α,β-unsaturated/α-hetero) is 1. The van der Waals surface area contributed by atoms with Gasteiger partial charge in [0.05, 0.1) is 0 Å². The van der Waals surface area contributed by atoms with E-state index in [1.807, 2.05) is 0 Å². The summed E-state index contributed by atoms with van der Waals surface area (Å²) >= 11 is 1.21. The molecule has 1 amide bonds. The van der Waals surface area contributed by atoms with Gasteiger partial charge in [-0.3, -0.25) is 14.9 Å². The first-order valence-corrected chi connectivity index (χ1v) is 12.3. The van der Waals surface area contributed by atoms with Crippen LogP contribution >= 0.6 is 11.3 Å². The number of ketones is 1. The smallest absolute Gasteiger partial charge is 0.352 e. The molecular weight excluding hydrogens is 456 g/mol. The molecule has 3 heterocycles. The molecule has 1 aliphatic rings. The maximum absolute atomic E-state index is 12.8. The maximum Gasteiger partial charge on any atom is 0.352 e. The van der Waals surface area contributed by atoms with Gasteiger partial charge in [0.2, 0.25) is 0 Å². The Morgan fingerprint density at radius 1 is 1.26 bits per heavy atom. The average Bonchev–Trinajstić information content (AvgIpc) is 3.46. The van der Waals surface area contributed by atoms with Crippen molar-refractivity contribution in [3.8, 4) is 0 Å². The van der Waals surface area contributed by atoms with Gasteiger partial charge in [0.25, 0.3) is 5.91 Å². The standard InChI is InChI=1S/C24H28N4O5S/c25-9-1-2-16-17-12-15(4-5-18(17)26-21(16)23(31)32)22(30)28-24-27-19(13-34-24)20(29)6-3-14-7-10-33-11-8-14/h4-5,12-14,26H,1-3,6-11,25H2,(H,31,32)(H,27,28,30). The van der Waals surface area contributed by atoms with E-state index in [1.54, 1.807) is 23.6 Å². The van der Waals surface area contributed by atoms with Gasteiger partial charge >= 0.3 is 5.97 Å². The summed E-state index contributed by atoms with van der Waals surface area (Å²) < 4.78 is 5.36. The second kappa shape index (κ2) is 10.9. The Hall–Kier alpha value is -3.08. The number of carbonyl (C=O) groups excluding carboxylic acids is 2. The molecule has 5 N–H and O–H groups in total. The van der Waals surface area contributed by atoms with Crippen LogP contribution in [0.1, 0.15) is 69.0 Å². The molecule has 1 fully saturated rings. The van der Waals surface area contributed by atoms with Crippen molar-refractivity contribution in [3.05, 3.63) is 46.1 Å². The molecule has 180 valence electrons. The van der Waals surface area contributed by atoms with Crippen LogP contribution in [0.3, 0.4) is 0 Å². The molecule has 2 aromatic heterocycles. The Morgan fingerprint density at radius 3 is 2.79 bits per heavy atom. The summed E-state index contributed by atoms with van der Waals surface area (Å²) in [5.41, 5.74) is 7.74. The summed E-state index contributed by atoms with van der Waals surface area (Å²) in [7, 11) is 0. The summed E-state index contributed by atoms with van der Waals surface area (Å²) in [4.78, 5) is 44.2.